The van der Waals surface area contributed by atoms with Gasteiger partial charge in [-0.2, -0.15) is 0 Å². The van der Waals surface area contributed by atoms with Crippen molar-refractivity contribution in [3.63, 3.8) is 0 Å². The quantitative estimate of drug-likeness (QED) is 0.301. The third-order valence-electron chi connectivity index (χ3n) is 4.00. The van der Waals surface area contributed by atoms with E-state index < -0.39 is 0 Å². The van der Waals surface area contributed by atoms with Crippen LogP contribution in [0.1, 0.15) is 49.7 Å². The molecule has 0 saturated heterocycles. The predicted octanol–water partition coefficient (Wildman–Crippen LogP) is 5.35. The van der Waals surface area contributed by atoms with E-state index in [0.29, 0.717) is 12.5 Å². The number of benzene rings is 1. The molecule has 0 amide bonds. The number of allylic oxidation sites excluding steroid dienone is 2. The minimum Gasteiger partial charge on any atom is -0.0914 e. The molecule has 1 aliphatic rings. The first kappa shape index (κ1) is 13.7. The SMILES string of the molecule is C/C=C/C1CCC(c2ccc(CN=[N+]=[N-])cc2)CC1. The van der Waals surface area contributed by atoms with Crippen molar-refractivity contribution in [3.8, 4) is 0 Å². The summed E-state index contributed by atoms with van der Waals surface area (Å²) in [7, 11) is 0. The molecule has 0 radical (unpaired) electrons. The van der Waals surface area contributed by atoms with E-state index in [1.54, 1.807) is 0 Å². The maximum Gasteiger partial charge on any atom is 0.0510 e. The first-order chi connectivity index (χ1) is 9.33. The summed E-state index contributed by atoms with van der Waals surface area (Å²) in [5, 5.41) is 3.59. The molecule has 1 aromatic carbocycles. The molecule has 0 atom stereocenters. The van der Waals surface area contributed by atoms with Crippen LogP contribution in [-0.2, 0) is 6.54 Å². The van der Waals surface area contributed by atoms with E-state index in [0.717, 1.165) is 11.5 Å². The van der Waals surface area contributed by atoms with Crippen LogP contribution in [0.25, 0.3) is 10.4 Å². The van der Waals surface area contributed by atoms with Gasteiger partial charge in [0, 0.05) is 4.91 Å². The Morgan fingerprint density at radius 2 is 1.89 bits per heavy atom. The highest BCUT2D eigenvalue weighted by Crippen LogP contribution is 2.36. The van der Waals surface area contributed by atoms with Crippen molar-refractivity contribution in [1.82, 2.24) is 0 Å². The van der Waals surface area contributed by atoms with Gasteiger partial charge in [-0.25, -0.2) is 0 Å². The molecule has 1 saturated carbocycles. The van der Waals surface area contributed by atoms with Crippen LogP contribution in [0.3, 0.4) is 0 Å². The minimum atomic E-state index is 0.449. The van der Waals surface area contributed by atoms with E-state index >= 15 is 0 Å². The summed E-state index contributed by atoms with van der Waals surface area (Å²) in [5.74, 6) is 1.49. The maximum absolute atomic E-state index is 8.31. The second kappa shape index (κ2) is 7.01. The van der Waals surface area contributed by atoms with Crippen molar-refractivity contribution in [2.75, 3.05) is 0 Å². The summed E-state index contributed by atoms with van der Waals surface area (Å²) in [5.41, 5.74) is 10.8. The fourth-order valence-electron chi connectivity index (χ4n) is 2.93. The summed E-state index contributed by atoms with van der Waals surface area (Å²) >= 11 is 0. The van der Waals surface area contributed by atoms with Crippen LogP contribution in [-0.4, -0.2) is 0 Å². The van der Waals surface area contributed by atoms with Gasteiger partial charge in [-0.3, -0.25) is 0 Å². The van der Waals surface area contributed by atoms with Gasteiger partial charge in [-0.1, -0.05) is 41.5 Å². The molecule has 0 aromatic heterocycles. The Kier molecular flexibility index (Phi) is 5.05. The molecule has 0 unspecified atom stereocenters. The fourth-order valence-corrected chi connectivity index (χ4v) is 2.93. The van der Waals surface area contributed by atoms with Crippen molar-refractivity contribution in [1.29, 1.82) is 0 Å². The highest BCUT2D eigenvalue weighted by atomic mass is 15.1. The standard InChI is InChI=1S/C16H21N3/c1-2-3-13-4-8-15(9-5-13)16-10-6-14(7-11-16)12-18-19-17/h2-3,6-7,10-11,13,15H,4-5,8-9,12H2,1H3/b3-2+. The average molecular weight is 255 g/mol. The lowest BCUT2D eigenvalue weighted by Crippen LogP contribution is -2.11. The van der Waals surface area contributed by atoms with E-state index in [4.69, 9.17) is 5.53 Å². The second-order valence-electron chi connectivity index (χ2n) is 5.27. The van der Waals surface area contributed by atoms with E-state index in [9.17, 15) is 0 Å². The minimum absolute atomic E-state index is 0.449. The van der Waals surface area contributed by atoms with E-state index in [-0.39, 0.29) is 0 Å². The number of rotatable bonds is 4. The average Bonchev–Trinajstić information content (AvgIpc) is 2.47. The van der Waals surface area contributed by atoms with Crippen molar-refractivity contribution < 1.29 is 0 Å². The van der Waals surface area contributed by atoms with Crippen LogP contribution in [0.4, 0.5) is 0 Å². The Hall–Kier alpha value is -1.73. The van der Waals surface area contributed by atoms with Crippen molar-refractivity contribution in [3.05, 3.63) is 58.0 Å². The molecule has 0 spiro atoms. The van der Waals surface area contributed by atoms with Crippen molar-refractivity contribution in [2.24, 2.45) is 11.0 Å². The predicted molar refractivity (Wildman–Crippen MR) is 78.8 cm³/mol. The van der Waals surface area contributed by atoms with Crippen molar-refractivity contribution >= 4 is 0 Å². The highest BCUT2D eigenvalue weighted by Gasteiger charge is 2.20. The lowest BCUT2D eigenvalue weighted by molar-refractivity contribution is 0.375. The molecule has 100 valence electrons. The van der Waals surface area contributed by atoms with Gasteiger partial charge in [0.2, 0.25) is 0 Å². The lowest BCUT2D eigenvalue weighted by atomic mass is 9.78. The molecule has 1 aromatic rings. The van der Waals surface area contributed by atoms with Gasteiger partial charge in [0.05, 0.1) is 6.54 Å². The normalized spacial score (nSPS) is 23.2. The fraction of sp³-hybridized carbons (Fsp3) is 0.500. The molecule has 0 bridgehead atoms. The first-order valence-corrected chi connectivity index (χ1v) is 7.06. The molecular weight excluding hydrogens is 234 g/mol. The zero-order valence-corrected chi connectivity index (χ0v) is 11.5. The maximum atomic E-state index is 8.31. The molecule has 1 aliphatic carbocycles. The Labute approximate surface area is 115 Å². The molecule has 2 rings (SSSR count). The monoisotopic (exact) mass is 255 g/mol. The number of azide groups is 1. The largest absolute Gasteiger partial charge is 0.0914 e. The summed E-state index contributed by atoms with van der Waals surface area (Å²) in [6, 6.07) is 8.57. The molecule has 0 aliphatic heterocycles. The van der Waals surface area contributed by atoms with Gasteiger partial charge < -0.3 is 0 Å². The molecule has 3 nitrogen and oxygen atoms in total. The lowest BCUT2D eigenvalue weighted by Gasteiger charge is -2.27. The molecule has 3 heteroatoms. The van der Waals surface area contributed by atoms with Crippen molar-refractivity contribution in [2.45, 2.75) is 45.1 Å². The second-order valence-corrected chi connectivity index (χ2v) is 5.27. The zero-order valence-electron chi connectivity index (χ0n) is 11.5. The van der Waals surface area contributed by atoms with Gasteiger partial charge in [0.1, 0.15) is 0 Å². The highest BCUT2D eigenvalue weighted by molar-refractivity contribution is 5.26. The third-order valence-corrected chi connectivity index (χ3v) is 4.00. The Morgan fingerprint density at radius 1 is 1.21 bits per heavy atom. The topological polar surface area (TPSA) is 48.8 Å². The Balaban J connectivity index is 1.94. The van der Waals surface area contributed by atoms with Crippen LogP contribution in [0.15, 0.2) is 41.5 Å². The summed E-state index contributed by atoms with van der Waals surface area (Å²) in [4.78, 5) is 2.79. The Morgan fingerprint density at radius 3 is 2.47 bits per heavy atom. The summed E-state index contributed by atoms with van der Waals surface area (Å²) in [6.07, 6.45) is 9.69. The van der Waals surface area contributed by atoms with Gasteiger partial charge in [0.25, 0.3) is 0 Å². The van der Waals surface area contributed by atoms with Crippen LogP contribution < -0.4 is 0 Å². The van der Waals surface area contributed by atoms with Gasteiger partial charge in [0.15, 0.2) is 0 Å². The van der Waals surface area contributed by atoms with E-state index in [2.05, 4.69) is 53.4 Å². The first-order valence-electron chi connectivity index (χ1n) is 7.06. The summed E-state index contributed by atoms with van der Waals surface area (Å²) in [6.45, 7) is 2.55. The number of hydrogen-bond donors (Lipinski definition) is 0. The van der Waals surface area contributed by atoms with Crippen LogP contribution in [0.2, 0.25) is 0 Å². The number of hydrogen-bond acceptors (Lipinski definition) is 1. The van der Waals surface area contributed by atoms with Crippen LogP contribution >= 0.6 is 0 Å². The molecule has 1 fully saturated rings. The molecule has 19 heavy (non-hydrogen) atoms. The molecule has 0 heterocycles. The Bertz CT molecular complexity index is 461. The van der Waals surface area contributed by atoms with Gasteiger partial charge in [-0.15, -0.1) is 0 Å². The van der Waals surface area contributed by atoms with E-state index in [1.165, 1.54) is 31.2 Å². The zero-order chi connectivity index (χ0) is 13.5. The molecular formula is C16H21N3. The van der Waals surface area contributed by atoms with Crippen LogP contribution in [0, 0.1) is 5.92 Å². The molecule has 0 N–H and O–H groups in total. The smallest absolute Gasteiger partial charge is 0.0510 e. The number of nitrogens with zero attached hydrogens (tertiary/aromatic N) is 3. The van der Waals surface area contributed by atoms with Gasteiger partial charge in [-0.05, 0) is 61.1 Å². The third kappa shape index (κ3) is 3.87. The van der Waals surface area contributed by atoms with Gasteiger partial charge >= 0.3 is 0 Å². The van der Waals surface area contributed by atoms with E-state index in [1.807, 2.05) is 0 Å². The summed E-state index contributed by atoms with van der Waals surface area (Å²) < 4.78 is 0. The van der Waals surface area contributed by atoms with Crippen LogP contribution in [0.5, 0.6) is 0 Å².